The van der Waals surface area contributed by atoms with Crippen LogP contribution in [0.1, 0.15) is 104 Å². The van der Waals surface area contributed by atoms with Crippen LogP contribution >= 0.6 is 0 Å². The highest BCUT2D eigenvalue weighted by molar-refractivity contribution is 4.74. The topological polar surface area (TPSA) is 12.0 Å². The Kier molecular flexibility index (Phi) is 11.4. The molecule has 0 saturated heterocycles. The van der Waals surface area contributed by atoms with E-state index >= 15 is 0 Å². The standard InChI is InChI=1S/C19H39N/c1-3-5-6-7-8-9-10-11-17-20-19-14-12-13-18(4-2)15-16-19/h18-20H,3-17H2,1-2H3. The van der Waals surface area contributed by atoms with Crippen molar-refractivity contribution < 1.29 is 0 Å². The molecule has 1 heteroatoms. The van der Waals surface area contributed by atoms with E-state index in [0.717, 1.165) is 12.0 Å². The van der Waals surface area contributed by atoms with E-state index in [9.17, 15) is 0 Å². The second-order valence-electron chi connectivity index (χ2n) is 6.91. The number of hydrogen-bond acceptors (Lipinski definition) is 1. The summed E-state index contributed by atoms with van der Waals surface area (Å²) in [5.74, 6) is 1.02. The second kappa shape index (κ2) is 12.7. The third-order valence-electron chi connectivity index (χ3n) is 5.13. The average Bonchev–Trinajstić information content (AvgIpc) is 2.70. The van der Waals surface area contributed by atoms with Crippen molar-refractivity contribution >= 4 is 0 Å². The molecule has 2 unspecified atom stereocenters. The zero-order valence-corrected chi connectivity index (χ0v) is 14.3. The van der Waals surface area contributed by atoms with E-state index in [0.29, 0.717) is 0 Å². The molecule has 1 N–H and O–H groups in total. The SMILES string of the molecule is CCCCCCCCCCNC1CCCC(CC)CC1. The molecule has 0 spiro atoms. The Morgan fingerprint density at radius 3 is 2.15 bits per heavy atom. The Labute approximate surface area is 128 Å². The van der Waals surface area contributed by atoms with Crippen molar-refractivity contribution in [1.29, 1.82) is 0 Å². The number of rotatable bonds is 11. The molecule has 0 radical (unpaired) electrons. The summed E-state index contributed by atoms with van der Waals surface area (Å²) in [5.41, 5.74) is 0. The Bertz CT molecular complexity index is 202. The van der Waals surface area contributed by atoms with E-state index in [-0.39, 0.29) is 0 Å². The van der Waals surface area contributed by atoms with Crippen molar-refractivity contribution in [1.82, 2.24) is 5.32 Å². The number of nitrogens with one attached hydrogen (secondary N) is 1. The maximum absolute atomic E-state index is 3.82. The zero-order chi connectivity index (χ0) is 14.5. The molecule has 0 aromatic carbocycles. The Balaban J connectivity index is 1.88. The van der Waals surface area contributed by atoms with Crippen molar-refractivity contribution in [2.24, 2.45) is 5.92 Å². The Hall–Kier alpha value is -0.0400. The summed E-state index contributed by atoms with van der Waals surface area (Å²) >= 11 is 0. The van der Waals surface area contributed by atoms with Gasteiger partial charge in [-0.25, -0.2) is 0 Å². The third kappa shape index (κ3) is 9.00. The summed E-state index contributed by atoms with van der Waals surface area (Å²) in [5, 5.41) is 3.82. The van der Waals surface area contributed by atoms with Crippen LogP contribution in [-0.2, 0) is 0 Å². The molecule has 0 amide bonds. The molecule has 0 bridgehead atoms. The predicted octanol–water partition coefficient (Wildman–Crippen LogP) is 6.08. The molecule has 1 saturated carbocycles. The highest BCUT2D eigenvalue weighted by atomic mass is 14.9. The first-order valence-corrected chi connectivity index (χ1v) is 9.60. The first-order valence-electron chi connectivity index (χ1n) is 9.60. The molecular formula is C19H39N. The molecule has 0 aromatic rings. The lowest BCUT2D eigenvalue weighted by Gasteiger charge is -2.16. The van der Waals surface area contributed by atoms with E-state index in [1.807, 2.05) is 0 Å². The monoisotopic (exact) mass is 281 g/mol. The van der Waals surface area contributed by atoms with Crippen molar-refractivity contribution in [2.45, 2.75) is 110 Å². The van der Waals surface area contributed by atoms with E-state index in [1.165, 1.54) is 96.4 Å². The fourth-order valence-electron chi connectivity index (χ4n) is 3.56. The molecule has 0 aliphatic heterocycles. The molecule has 1 aliphatic rings. The van der Waals surface area contributed by atoms with Crippen LogP contribution in [0.15, 0.2) is 0 Å². The van der Waals surface area contributed by atoms with E-state index in [1.54, 1.807) is 0 Å². The number of unbranched alkanes of at least 4 members (excludes halogenated alkanes) is 7. The molecule has 0 heterocycles. The van der Waals surface area contributed by atoms with E-state index in [4.69, 9.17) is 0 Å². The minimum Gasteiger partial charge on any atom is -0.314 e. The summed E-state index contributed by atoms with van der Waals surface area (Å²) in [4.78, 5) is 0. The summed E-state index contributed by atoms with van der Waals surface area (Å²) in [6.07, 6.45) is 20.1. The van der Waals surface area contributed by atoms with Crippen molar-refractivity contribution in [3.05, 3.63) is 0 Å². The molecular weight excluding hydrogens is 242 g/mol. The summed E-state index contributed by atoms with van der Waals surface area (Å²) in [6.45, 7) is 5.91. The molecule has 2 atom stereocenters. The lowest BCUT2D eigenvalue weighted by Crippen LogP contribution is -2.29. The Morgan fingerprint density at radius 1 is 0.750 bits per heavy atom. The van der Waals surface area contributed by atoms with E-state index < -0.39 is 0 Å². The van der Waals surface area contributed by atoms with Gasteiger partial charge in [0.25, 0.3) is 0 Å². The van der Waals surface area contributed by atoms with Crippen molar-refractivity contribution in [2.75, 3.05) is 6.54 Å². The normalized spacial score (nSPS) is 23.7. The van der Waals surface area contributed by atoms with Gasteiger partial charge in [-0.3, -0.25) is 0 Å². The van der Waals surface area contributed by atoms with Crippen molar-refractivity contribution in [3.63, 3.8) is 0 Å². The first-order chi connectivity index (χ1) is 9.86. The van der Waals surface area contributed by atoms with Gasteiger partial charge in [-0.2, -0.15) is 0 Å². The van der Waals surface area contributed by atoms with Crippen LogP contribution < -0.4 is 5.32 Å². The highest BCUT2D eigenvalue weighted by Gasteiger charge is 2.16. The smallest absolute Gasteiger partial charge is 0.00671 e. The number of hydrogen-bond donors (Lipinski definition) is 1. The third-order valence-corrected chi connectivity index (χ3v) is 5.13. The second-order valence-corrected chi connectivity index (χ2v) is 6.91. The molecule has 1 aliphatic carbocycles. The molecule has 20 heavy (non-hydrogen) atoms. The van der Waals surface area contributed by atoms with Gasteiger partial charge in [0.05, 0.1) is 0 Å². The van der Waals surface area contributed by atoms with Gasteiger partial charge >= 0.3 is 0 Å². The first kappa shape index (κ1) is 18.0. The maximum Gasteiger partial charge on any atom is 0.00671 e. The quantitative estimate of drug-likeness (QED) is 0.358. The van der Waals surface area contributed by atoms with Crippen LogP contribution in [0.2, 0.25) is 0 Å². The van der Waals surface area contributed by atoms with E-state index in [2.05, 4.69) is 19.2 Å². The fraction of sp³-hybridized carbons (Fsp3) is 1.00. The molecule has 1 nitrogen and oxygen atoms in total. The van der Waals surface area contributed by atoms with Gasteiger partial charge in [-0.15, -0.1) is 0 Å². The zero-order valence-electron chi connectivity index (χ0n) is 14.3. The minimum atomic E-state index is 0.830. The Morgan fingerprint density at radius 2 is 1.45 bits per heavy atom. The summed E-state index contributed by atoms with van der Waals surface area (Å²) in [6, 6.07) is 0.830. The van der Waals surface area contributed by atoms with Crippen LogP contribution in [0, 0.1) is 5.92 Å². The van der Waals surface area contributed by atoms with Gasteiger partial charge in [0.1, 0.15) is 0 Å². The molecule has 120 valence electrons. The minimum absolute atomic E-state index is 0.830. The van der Waals surface area contributed by atoms with Crippen LogP contribution in [0.25, 0.3) is 0 Å². The predicted molar refractivity (Wildman–Crippen MR) is 91.3 cm³/mol. The molecule has 1 fully saturated rings. The molecule has 1 rings (SSSR count). The van der Waals surface area contributed by atoms with Crippen molar-refractivity contribution in [3.8, 4) is 0 Å². The lowest BCUT2D eigenvalue weighted by molar-refractivity contribution is 0.421. The average molecular weight is 282 g/mol. The van der Waals surface area contributed by atoms with Gasteiger partial charge in [-0.05, 0) is 38.1 Å². The largest absolute Gasteiger partial charge is 0.314 e. The van der Waals surface area contributed by atoms with Crippen LogP contribution in [-0.4, -0.2) is 12.6 Å². The lowest BCUT2D eigenvalue weighted by atomic mass is 9.98. The van der Waals surface area contributed by atoms with Gasteiger partial charge in [0.2, 0.25) is 0 Å². The van der Waals surface area contributed by atoms with Gasteiger partial charge in [0.15, 0.2) is 0 Å². The summed E-state index contributed by atoms with van der Waals surface area (Å²) in [7, 11) is 0. The highest BCUT2D eigenvalue weighted by Crippen LogP contribution is 2.25. The fourth-order valence-corrected chi connectivity index (χ4v) is 3.56. The maximum atomic E-state index is 3.82. The molecule has 0 aromatic heterocycles. The van der Waals surface area contributed by atoms with Gasteiger partial charge < -0.3 is 5.32 Å². The van der Waals surface area contributed by atoms with Crippen LogP contribution in [0.4, 0.5) is 0 Å². The van der Waals surface area contributed by atoms with Crippen LogP contribution in [0.3, 0.4) is 0 Å². The van der Waals surface area contributed by atoms with Gasteiger partial charge in [0, 0.05) is 6.04 Å². The van der Waals surface area contributed by atoms with Gasteiger partial charge in [-0.1, -0.05) is 78.1 Å². The summed E-state index contributed by atoms with van der Waals surface area (Å²) < 4.78 is 0. The van der Waals surface area contributed by atoms with Crippen LogP contribution in [0.5, 0.6) is 0 Å².